The summed E-state index contributed by atoms with van der Waals surface area (Å²) in [6.45, 7) is 2.05. The minimum Gasteiger partial charge on any atom is -0.358 e. The number of fused-ring (bicyclic) bond motifs is 2. The lowest BCUT2D eigenvalue weighted by molar-refractivity contribution is -0.123. The Morgan fingerprint density at radius 3 is 2.36 bits per heavy atom. The minimum absolute atomic E-state index is 0.0521. The van der Waals surface area contributed by atoms with E-state index in [-0.39, 0.29) is 23.5 Å². The van der Waals surface area contributed by atoms with Crippen LogP contribution in [0.2, 0.25) is 0 Å². The number of rotatable bonds is 2. The smallest absolute Gasteiger partial charge is 0.250 e. The second kappa shape index (κ2) is 6.06. The number of carbonyl (C=O) groups excluding carboxylic acids is 2. The van der Waals surface area contributed by atoms with Crippen LogP contribution in [0.4, 0.5) is 5.69 Å². The average molecular weight is 368 g/mol. The van der Waals surface area contributed by atoms with Crippen molar-refractivity contribution in [2.75, 3.05) is 12.4 Å². The van der Waals surface area contributed by atoms with Crippen molar-refractivity contribution in [2.45, 2.75) is 6.92 Å². The molecule has 1 heterocycles. The number of benzene rings is 2. The van der Waals surface area contributed by atoms with Gasteiger partial charge in [-0.25, -0.2) is 0 Å². The molecular formula is C24H20N2O2. The Hall–Kier alpha value is -3.40. The van der Waals surface area contributed by atoms with Gasteiger partial charge in [-0.3, -0.25) is 9.59 Å². The molecule has 4 heteroatoms. The molecule has 138 valence electrons. The summed E-state index contributed by atoms with van der Waals surface area (Å²) in [7, 11) is 1.77. The Labute approximate surface area is 163 Å². The van der Waals surface area contributed by atoms with Crippen LogP contribution in [-0.4, -0.2) is 23.6 Å². The summed E-state index contributed by atoms with van der Waals surface area (Å²) in [6, 6.07) is 15.7. The number of ketones is 1. The fourth-order valence-corrected chi connectivity index (χ4v) is 4.42. The van der Waals surface area contributed by atoms with E-state index in [2.05, 4.69) is 5.32 Å². The van der Waals surface area contributed by atoms with Gasteiger partial charge in [0.25, 0.3) is 5.91 Å². The first-order valence-electron chi connectivity index (χ1n) is 9.43. The van der Waals surface area contributed by atoms with E-state index in [1.54, 1.807) is 18.0 Å². The third-order valence-corrected chi connectivity index (χ3v) is 5.88. The van der Waals surface area contributed by atoms with Gasteiger partial charge in [0.1, 0.15) is 0 Å². The first-order chi connectivity index (χ1) is 13.5. The number of likely N-dealkylation sites (N-methyl/N-ethyl adjacent to an activating group) is 1. The van der Waals surface area contributed by atoms with Crippen LogP contribution in [0, 0.1) is 18.8 Å². The van der Waals surface area contributed by atoms with Crippen molar-refractivity contribution in [1.29, 1.82) is 0 Å². The van der Waals surface area contributed by atoms with Crippen LogP contribution in [-0.2, 0) is 4.79 Å². The van der Waals surface area contributed by atoms with Gasteiger partial charge in [0.2, 0.25) is 0 Å². The monoisotopic (exact) mass is 368 g/mol. The van der Waals surface area contributed by atoms with E-state index in [9.17, 15) is 9.59 Å². The Morgan fingerprint density at radius 1 is 0.893 bits per heavy atom. The molecule has 2 aromatic carbocycles. The summed E-state index contributed by atoms with van der Waals surface area (Å²) in [4.78, 5) is 27.7. The predicted octanol–water partition coefficient (Wildman–Crippen LogP) is 4.17. The number of hydrogen-bond acceptors (Lipinski definition) is 3. The van der Waals surface area contributed by atoms with Gasteiger partial charge in [0.05, 0.1) is 5.92 Å². The van der Waals surface area contributed by atoms with Crippen LogP contribution < -0.4 is 5.32 Å². The number of carbonyl (C=O) groups is 2. The second-order valence-electron chi connectivity index (χ2n) is 7.57. The lowest BCUT2D eigenvalue weighted by Gasteiger charge is -2.43. The highest BCUT2D eigenvalue weighted by molar-refractivity contribution is 6.12. The molecule has 4 nitrogen and oxygen atoms in total. The van der Waals surface area contributed by atoms with Crippen LogP contribution in [0.1, 0.15) is 21.5 Å². The minimum atomic E-state index is -0.363. The number of allylic oxidation sites excluding steroid dienone is 4. The standard InChI is InChI=1S/C24H20N2O2/c1-14-7-9-15(10-8-14)25-19-11-12-20-22-18(13-21(27)26(20)2)16-5-3-4-6-17(16)24(28)23(19)22/h3-13,22-23,25H,1-2H3. The molecule has 5 rings (SSSR count). The van der Waals surface area contributed by atoms with E-state index >= 15 is 0 Å². The van der Waals surface area contributed by atoms with Crippen molar-refractivity contribution in [3.05, 3.63) is 94.8 Å². The van der Waals surface area contributed by atoms with Gasteiger partial charge in [0, 0.05) is 41.7 Å². The summed E-state index contributed by atoms with van der Waals surface area (Å²) in [5.74, 6) is -0.471. The molecule has 0 bridgehead atoms. The molecule has 0 fully saturated rings. The maximum Gasteiger partial charge on any atom is 0.250 e. The Morgan fingerprint density at radius 2 is 1.61 bits per heavy atom. The van der Waals surface area contributed by atoms with Gasteiger partial charge in [0.15, 0.2) is 5.78 Å². The molecule has 2 aliphatic carbocycles. The first kappa shape index (κ1) is 16.8. The van der Waals surface area contributed by atoms with Crippen molar-refractivity contribution in [3.63, 3.8) is 0 Å². The lowest BCUT2D eigenvalue weighted by atomic mass is 9.66. The highest BCUT2D eigenvalue weighted by atomic mass is 16.2. The molecule has 1 N–H and O–H groups in total. The maximum absolute atomic E-state index is 13.5. The molecule has 2 unspecified atom stereocenters. The van der Waals surface area contributed by atoms with Crippen LogP contribution in [0.15, 0.2) is 78.2 Å². The summed E-state index contributed by atoms with van der Waals surface area (Å²) in [5, 5.41) is 3.45. The van der Waals surface area contributed by atoms with Crippen molar-refractivity contribution in [1.82, 2.24) is 4.90 Å². The van der Waals surface area contributed by atoms with E-state index in [1.165, 1.54) is 5.56 Å². The molecule has 28 heavy (non-hydrogen) atoms. The van der Waals surface area contributed by atoms with Gasteiger partial charge in [-0.2, -0.15) is 0 Å². The van der Waals surface area contributed by atoms with Crippen LogP contribution in [0.5, 0.6) is 0 Å². The molecule has 0 saturated heterocycles. The highest BCUT2D eigenvalue weighted by Crippen LogP contribution is 2.49. The lowest BCUT2D eigenvalue weighted by Crippen LogP contribution is -2.44. The number of nitrogens with one attached hydrogen (secondary N) is 1. The van der Waals surface area contributed by atoms with Crippen molar-refractivity contribution >= 4 is 23.0 Å². The molecule has 0 radical (unpaired) electrons. The molecule has 1 amide bonds. The molecule has 2 aromatic rings. The zero-order valence-corrected chi connectivity index (χ0v) is 15.8. The fraction of sp³-hybridized carbons (Fsp3) is 0.167. The van der Waals surface area contributed by atoms with Crippen molar-refractivity contribution < 1.29 is 9.59 Å². The number of Topliss-reactive ketones (excluding diaryl/α,β-unsaturated/α-hetero) is 1. The number of aryl methyl sites for hydroxylation is 1. The Balaban J connectivity index is 1.66. The highest BCUT2D eigenvalue weighted by Gasteiger charge is 2.47. The summed E-state index contributed by atoms with van der Waals surface area (Å²) < 4.78 is 0. The molecule has 0 spiro atoms. The third-order valence-electron chi connectivity index (χ3n) is 5.88. The van der Waals surface area contributed by atoms with Gasteiger partial charge in [-0.1, -0.05) is 42.0 Å². The number of nitrogens with zero attached hydrogens (tertiary/aromatic N) is 1. The van der Waals surface area contributed by atoms with E-state index in [4.69, 9.17) is 0 Å². The SMILES string of the molecule is Cc1ccc(NC2=CC=C3C4C(=CC(=O)N3C)c3ccccc3C(=O)C24)cc1. The molecule has 2 atom stereocenters. The topological polar surface area (TPSA) is 49.4 Å². The second-order valence-corrected chi connectivity index (χ2v) is 7.57. The van der Waals surface area contributed by atoms with Crippen molar-refractivity contribution in [2.24, 2.45) is 11.8 Å². The van der Waals surface area contributed by atoms with Crippen LogP contribution in [0.25, 0.3) is 5.57 Å². The summed E-state index contributed by atoms with van der Waals surface area (Å²) in [6.07, 6.45) is 5.59. The Kier molecular flexibility index (Phi) is 3.63. The predicted molar refractivity (Wildman–Crippen MR) is 109 cm³/mol. The average Bonchev–Trinajstić information content (AvgIpc) is 2.71. The largest absolute Gasteiger partial charge is 0.358 e. The van der Waals surface area contributed by atoms with E-state index in [1.807, 2.05) is 67.6 Å². The molecule has 3 aliphatic rings. The zero-order valence-electron chi connectivity index (χ0n) is 15.8. The van der Waals surface area contributed by atoms with Gasteiger partial charge in [-0.05, 0) is 42.3 Å². The summed E-state index contributed by atoms with van der Waals surface area (Å²) >= 11 is 0. The first-order valence-corrected chi connectivity index (χ1v) is 9.43. The number of hydrogen-bond donors (Lipinski definition) is 1. The van der Waals surface area contributed by atoms with Crippen LogP contribution in [0.3, 0.4) is 0 Å². The maximum atomic E-state index is 13.5. The third kappa shape index (κ3) is 2.38. The van der Waals surface area contributed by atoms with Crippen LogP contribution >= 0.6 is 0 Å². The van der Waals surface area contributed by atoms with Gasteiger partial charge < -0.3 is 10.2 Å². The zero-order chi connectivity index (χ0) is 19.4. The normalized spacial score (nSPS) is 22.6. The number of anilines is 1. The molecule has 1 aliphatic heterocycles. The molecule has 0 aromatic heterocycles. The quantitative estimate of drug-likeness (QED) is 0.865. The number of amides is 1. The van der Waals surface area contributed by atoms with E-state index in [0.717, 1.165) is 28.2 Å². The van der Waals surface area contributed by atoms with E-state index in [0.29, 0.717) is 5.56 Å². The Bertz CT molecular complexity index is 1110. The fourth-order valence-electron chi connectivity index (χ4n) is 4.42. The van der Waals surface area contributed by atoms with Gasteiger partial charge in [-0.15, -0.1) is 0 Å². The summed E-state index contributed by atoms with van der Waals surface area (Å²) in [5.41, 5.74) is 6.38. The van der Waals surface area contributed by atoms with Crippen molar-refractivity contribution in [3.8, 4) is 0 Å². The van der Waals surface area contributed by atoms with Gasteiger partial charge >= 0.3 is 0 Å². The van der Waals surface area contributed by atoms with E-state index < -0.39 is 0 Å². The molecular weight excluding hydrogens is 348 g/mol. The molecule has 0 saturated carbocycles.